The van der Waals surface area contributed by atoms with Gasteiger partial charge in [0.15, 0.2) is 5.92 Å². The van der Waals surface area contributed by atoms with Crippen LogP contribution in [0.2, 0.25) is 0 Å². The Morgan fingerprint density at radius 3 is 1.23 bits per heavy atom. The molecule has 0 saturated heterocycles. The molecule has 0 radical (unpaired) electrons. The van der Waals surface area contributed by atoms with Crippen molar-refractivity contribution in [1.82, 2.24) is 0 Å². The minimum Gasteiger partial charge on any atom is -0.465 e. The minimum absolute atomic E-state index is 0.0126. The van der Waals surface area contributed by atoms with Crippen molar-refractivity contribution >= 4 is 42.3 Å². The number of carbonyl (C=O) groups is 2. The van der Waals surface area contributed by atoms with E-state index >= 15 is 0 Å². The zero-order valence-electron chi connectivity index (χ0n) is 55.3. The molecule has 500 valence electrons. The molecule has 8 fully saturated rings. The zero-order chi connectivity index (χ0) is 65.1. The fraction of sp³-hybridized carbons (Fsp3) is 0.722. The molecular formula is C72H104O15S3. The topological polar surface area (TPSA) is 223 Å². The standard InChI is InChI=1S/C36H54O8S.C36H50O7S2/c1-7-42-33(38)28(34(39)43-8-2)19-23(4)29-15-16-30-27-14-11-24-20-25(44-45(40,41)26-12-9-22(3)10-13-26)17-18-35(24,5)31(27)21-32(37)36(29,30)6;1-23-6-11-28(12-7-23)44(38,39)42-22-25(3)31-16-17-32-30-15-10-26-20-27(43-45(40,41)29-13-8-24(2)9-14-29)18-19-35(26,4)33(30)21-34(37)36(31,32)5/h9-10,12-13,23-25,27-32,37H,7-8,11,14-21H2,1-6H3;6-9,11-14,25-27,30-34,37H,10,15-22H2,1-5H3/t23?,24-,25-,27?,29-,30?,31?,32+,35+,36-;25?,26-,27-,30?,31-,32?,33?,34+,35+,36-/m11/s1. The van der Waals surface area contributed by atoms with Crippen LogP contribution >= 0.6 is 0 Å². The fourth-order valence-electron chi connectivity index (χ4n) is 20.7. The van der Waals surface area contributed by atoms with Gasteiger partial charge in [0.05, 0.1) is 58.9 Å². The fourth-order valence-corrected chi connectivity index (χ4v) is 24.0. The normalized spacial score (nSPS) is 37.1. The summed E-state index contributed by atoms with van der Waals surface area (Å²) >= 11 is 0. The van der Waals surface area contributed by atoms with E-state index in [1.165, 1.54) is 0 Å². The van der Waals surface area contributed by atoms with Gasteiger partial charge in [-0.1, -0.05) is 94.6 Å². The van der Waals surface area contributed by atoms with E-state index in [0.29, 0.717) is 66.6 Å². The number of hydrogen-bond donors (Lipinski definition) is 2. The van der Waals surface area contributed by atoms with Gasteiger partial charge in [-0.25, -0.2) is 0 Å². The number of aryl methyl sites for hydroxylation is 3. The summed E-state index contributed by atoms with van der Waals surface area (Å²) in [6.45, 7) is 23.3. The third-order valence-electron chi connectivity index (χ3n) is 25.7. The van der Waals surface area contributed by atoms with Gasteiger partial charge in [0, 0.05) is 0 Å². The number of rotatable bonds is 18. The van der Waals surface area contributed by atoms with Crippen LogP contribution in [0.15, 0.2) is 87.5 Å². The van der Waals surface area contributed by atoms with E-state index in [2.05, 4.69) is 41.5 Å². The molecule has 0 aromatic heterocycles. The molecule has 2 N–H and O–H groups in total. The van der Waals surface area contributed by atoms with Crippen molar-refractivity contribution in [3.8, 4) is 0 Å². The molecule has 0 aliphatic heterocycles. The maximum absolute atomic E-state index is 13.1. The van der Waals surface area contributed by atoms with Crippen LogP contribution in [-0.4, -0.2) is 91.6 Å². The molecule has 3 aromatic carbocycles. The van der Waals surface area contributed by atoms with Crippen LogP contribution in [0.3, 0.4) is 0 Å². The number of benzene rings is 3. The molecule has 0 amide bonds. The van der Waals surface area contributed by atoms with E-state index in [1.54, 1.807) is 86.6 Å². The molecule has 0 bridgehead atoms. The number of aliphatic hydroxyl groups excluding tert-OH is 2. The first-order chi connectivity index (χ1) is 42.4. The first-order valence-electron chi connectivity index (χ1n) is 34.1. The summed E-state index contributed by atoms with van der Waals surface area (Å²) in [6, 6.07) is 20.4. The van der Waals surface area contributed by atoms with E-state index in [9.17, 15) is 45.1 Å². The first kappa shape index (κ1) is 69.1. The number of ether oxygens (including phenoxy) is 2. The predicted octanol–water partition coefficient (Wildman–Crippen LogP) is 13.5. The predicted molar refractivity (Wildman–Crippen MR) is 344 cm³/mol. The van der Waals surface area contributed by atoms with E-state index in [4.69, 9.17) is 22.0 Å². The number of carbonyl (C=O) groups excluding carboxylic acids is 2. The van der Waals surface area contributed by atoms with Crippen LogP contribution < -0.4 is 0 Å². The van der Waals surface area contributed by atoms with Gasteiger partial charge in [-0.3, -0.25) is 22.1 Å². The average Bonchev–Trinajstić information content (AvgIpc) is 1.37. The average molecular weight is 1310 g/mol. The Labute approximate surface area is 538 Å². The van der Waals surface area contributed by atoms with Crippen LogP contribution in [0.1, 0.15) is 181 Å². The highest BCUT2D eigenvalue weighted by molar-refractivity contribution is 7.87. The van der Waals surface area contributed by atoms with E-state index in [0.717, 1.165) is 107 Å². The van der Waals surface area contributed by atoms with Crippen LogP contribution in [0.25, 0.3) is 0 Å². The Morgan fingerprint density at radius 2 is 0.856 bits per heavy atom. The zero-order valence-corrected chi connectivity index (χ0v) is 57.8. The summed E-state index contributed by atoms with van der Waals surface area (Å²) < 4.78 is 106. The van der Waals surface area contributed by atoms with Gasteiger partial charge >= 0.3 is 11.9 Å². The number of hydrogen-bond acceptors (Lipinski definition) is 15. The maximum atomic E-state index is 13.1. The molecule has 3 aromatic rings. The molecular weight excluding hydrogens is 1200 g/mol. The second-order valence-corrected chi connectivity index (χ2v) is 35.0. The summed E-state index contributed by atoms with van der Waals surface area (Å²) in [5.74, 6) is 1.61. The van der Waals surface area contributed by atoms with Crippen molar-refractivity contribution in [3.05, 3.63) is 89.5 Å². The molecule has 0 heterocycles. The molecule has 11 rings (SSSR count). The Kier molecular flexibility index (Phi) is 20.6. The van der Waals surface area contributed by atoms with Crippen molar-refractivity contribution in [3.63, 3.8) is 0 Å². The van der Waals surface area contributed by atoms with Gasteiger partial charge in [0.25, 0.3) is 30.4 Å². The summed E-state index contributed by atoms with van der Waals surface area (Å²) in [5.41, 5.74) is 2.49. The second-order valence-electron chi connectivity index (χ2n) is 30.2. The van der Waals surface area contributed by atoms with Crippen molar-refractivity contribution in [2.45, 2.75) is 224 Å². The summed E-state index contributed by atoms with van der Waals surface area (Å²) in [5, 5.41) is 23.9. The number of esters is 2. The lowest BCUT2D eigenvalue weighted by molar-refractivity contribution is -0.175. The highest BCUT2D eigenvalue weighted by Gasteiger charge is 2.66. The van der Waals surface area contributed by atoms with E-state index < -0.39 is 60.4 Å². The van der Waals surface area contributed by atoms with Gasteiger partial charge in [0.2, 0.25) is 0 Å². The molecule has 20 atom stereocenters. The lowest BCUT2D eigenvalue weighted by Gasteiger charge is -2.62. The molecule has 8 aliphatic carbocycles. The highest BCUT2D eigenvalue weighted by Crippen LogP contribution is 2.70. The van der Waals surface area contributed by atoms with Crippen molar-refractivity contribution in [2.75, 3.05) is 19.8 Å². The van der Waals surface area contributed by atoms with Gasteiger partial charge in [-0.05, 0) is 273 Å². The maximum Gasteiger partial charge on any atom is 0.320 e. The lowest BCUT2D eigenvalue weighted by atomic mass is 9.43. The molecule has 90 heavy (non-hydrogen) atoms. The second kappa shape index (κ2) is 26.8. The summed E-state index contributed by atoms with van der Waals surface area (Å²) in [4.78, 5) is 26.1. The largest absolute Gasteiger partial charge is 0.465 e. The summed E-state index contributed by atoms with van der Waals surface area (Å²) in [7, 11) is -11.5. The van der Waals surface area contributed by atoms with Crippen molar-refractivity contribution in [2.24, 2.45) is 98.6 Å². The lowest BCUT2D eigenvalue weighted by Crippen LogP contribution is -2.59. The first-order valence-corrected chi connectivity index (χ1v) is 38.3. The van der Waals surface area contributed by atoms with Gasteiger partial charge in [-0.2, -0.15) is 25.3 Å². The molecule has 8 saturated carbocycles. The summed E-state index contributed by atoms with van der Waals surface area (Å²) in [6.07, 6.45) is 13.1. The minimum atomic E-state index is -3.85. The number of fused-ring (bicyclic) bond motifs is 10. The molecule has 0 spiro atoms. The van der Waals surface area contributed by atoms with Gasteiger partial charge in [0.1, 0.15) is 0 Å². The Bertz CT molecular complexity index is 3340. The van der Waals surface area contributed by atoms with Crippen molar-refractivity contribution < 1.29 is 67.1 Å². The van der Waals surface area contributed by atoms with Gasteiger partial charge < -0.3 is 19.7 Å². The highest BCUT2D eigenvalue weighted by atomic mass is 32.2. The van der Waals surface area contributed by atoms with Crippen LogP contribution in [0, 0.1) is 119 Å². The smallest absolute Gasteiger partial charge is 0.320 e. The third kappa shape index (κ3) is 13.2. The van der Waals surface area contributed by atoms with Crippen LogP contribution in [0.5, 0.6) is 0 Å². The Morgan fingerprint density at radius 1 is 0.489 bits per heavy atom. The quantitative estimate of drug-likeness (QED) is 0.0686. The van der Waals surface area contributed by atoms with E-state index in [-0.39, 0.29) is 92.0 Å². The molecule has 8 aliphatic rings. The van der Waals surface area contributed by atoms with Crippen LogP contribution in [-0.2, 0) is 62.0 Å². The third-order valence-corrected chi connectivity index (χ3v) is 29.7. The Hall–Kier alpha value is -3.75. The number of aliphatic hydroxyl groups is 2. The van der Waals surface area contributed by atoms with E-state index in [1.807, 2.05) is 20.8 Å². The molecule has 8 unspecified atom stereocenters. The molecule has 18 heteroatoms. The van der Waals surface area contributed by atoms with Gasteiger partial charge in [-0.15, -0.1) is 0 Å². The Balaban J connectivity index is 0.000000198. The SMILES string of the molecule is CCOC(=O)C(CC(C)[C@H]1CCC2C3CC[C@@H]4C[C@H](OS(=O)(=O)c5ccc(C)cc5)CC[C@]4(C)C3C[C@H](O)[C@@]21C)C(=O)OCC.Cc1ccc(S(=O)(=O)OCC(C)[C@H]2CCC3C4CC[C@@H]5C[C@H](OS(=O)(=O)c6ccc(C)cc6)CC[C@]5(C)C4C[C@H](O)[C@@]32C)cc1. The van der Waals surface area contributed by atoms with Crippen molar-refractivity contribution in [1.29, 1.82) is 0 Å². The molecule has 15 nitrogen and oxygen atoms in total. The van der Waals surface area contributed by atoms with Crippen LogP contribution in [0.4, 0.5) is 0 Å². The monoisotopic (exact) mass is 1300 g/mol.